The Hall–Kier alpha value is -8.40. The summed E-state index contributed by atoms with van der Waals surface area (Å²) in [7, 11) is 0. The molecule has 0 bridgehead atoms. The Morgan fingerprint density at radius 2 is 0.762 bits per heavy atom. The highest BCUT2D eigenvalue weighted by atomic mass is 16.3. The minimum absolute atomic E-state index is 0.882. The minimum atomic E-state index is 0.882. The molecule has 0 unspecified atom stereocenters. The fourth-order valence-corrected chi connectivity index (χ4v) is 9.76. The second kappa shape index (κ2) is 14.1. The van der Waals surface area contributed by atoms with Gasteiger partial charge in [0.05, 0.1) is 5.69 Å². The first-order chi connectivity index (χ1) is 31.2. The van der Waals surface area contributed by atoms with E-state index in [1.54, 1.807) is 0 Å². The fourth-order valence-electron chi connectivity index (χ4n) is 9.76. The molecule has 0 N–H and O–H groups in total. The van der Waals surface area contributed by atoms with Crippen LogP contribution in [0.3, 0.4) is 0 Å². The zero-order valence-electron chi connectivity index (χ0n) is 34.1. The van der Waals surface area contributed by atoms with Gasteiger partial charge in [-0.2, -0.15) is 0 Å². The predicted molar refractivity (Wildman–Crippen MR) is 265 cm³/mol. The van der Waals surface area contributed by atoms with Gasteiger partial charge in [0, 0.05) is 38.5 Å². The number of benzene rings is 11. The maximum atomic E-state index is 6.44. The number of para-hydroxylation sites is 2. The summed E-state index contributed by atoms with van der Waals surface area (Å²) in [6.07, 6.45) is 0. The summed E-state index contributed by atoms with van der Waals surface area (Å²) < 4.78 is 12.6. The summed E-state index contributed by atoms with van der Waals surface area (Å²) >= 11 is 0. The Balaban J connectivity index is 0.956. The average Bonchev–Trinajstić information content (AvgIpc) is 3.90. The van der Waals surface area contributed by atoms with E-state index in [4.69, 9.17) is 8.83 Å². The lowest BCUT2D eigenvalue weighted by molar-refractivity contribution is 0.669. The molecule has 0 atom stereocenters. The number of nitrogens with zero attached hydrogens (tertiary/aromatic N) is 1. The summed E-state index contributed by atoms with van der Waals surface area (Å²) in [5.41, 5.74) is 13.7. The summed E-state index contributed by atoms with van der Waals surface area (Å²) in [4.78, 5) is 2.39. The molecule has 0 spiro atoms. The predicted octanol–water partition coefficient (Wildman–Crippen LogP) is 17.4. The van der Waals surface area contributed by atoms with E-state index in [2.05, 4.69) is 217 Å². The third-order valence-electron chi connectivity index (χ3n) is 12.8. The first kappa shape index (κ1) is 35.4. The lowest BCUT2D eigenvalue weighted by atomic mass is 9.93. The second-order valence-electron chi connectivity index (χ2n) is 16.5. The van der Waals surface area contributed by atoms with Crippen LogP contribution >= 0.6 is 0 Å². The van der Waals surface area contributed by atoms with E-state index >= 15 is 0 Å². The molecule has 0 saturated heterocycles. The molecule has 63 heavy (non-hydrogen) atoms. The van der Waals surface area contributed by atoms with Gasteiger partial charge >= 0.3 is 0 Å². The van der Waals surface area contributed by atoms with Crippen molar-refractivity contribution < 1.29 is 8.83 Å². The Bertz CT molecular complexity index is 3910. The highest BCUT2D eigenvalue weighted by molar-refractivity contribution is 6.14. The monoisotopic (exact) mass is 803 g/mol. The molecular weight excluding hydrogens is 767 g/mol. The van der Waals surface area contributed by atoms with Gasteiger partial charge < -0.3 is 13.7 Å². The van der Waals surface area contributed by atoms with Gasteiger partial charge in [-0.05, 0) is 139 Å². The highest BCUT2D eigenvalue weighted by Crippen LogP contribution is 2.44. The standard InChI is InChI=1S/C60H37NO2/c1-2-12-41-37-60-55(33-40(41)11-1)54-36-44(26-32-59(54)63-60)48-15-7-9-19-56(48)61(45-27-21-38(22-28-45)42-25-31-58-53(34-42)51-18-8-10-20-57(51)62-58)46-29-23-39(24-30-46)52-35-43-13-3-4-14-47(43)49-16-5-6-17-50(49)52/h1-37H. The lowest BCUT2D eigenvalue weighted by Gasteiger charge is -2.28. The van der Waals surface area contributed by atoms with E-state index in [0.717, 1.165) is 83.2 Å². The van der Waals surface area contributed by atoms with Crippen LogP contribution in [0, 0.1) is 0 Å². The molecule has 3 heteroatoms. The van der Waals surface area contributed by atoms with Crippen molar-refractivity contribution in [3.63, 3.8) is 0 Å². The van der Waals surface area contributed by atoms with Crippen molar-refractivity contribution in [2.24, 2.45) is 0 Å². The van der Waals surface area contributed by atoms with Crippen molar-refractivity contribution >= 4 is 93.3 Å². The topological polar surface area (TPSA) is 29.5 Å². The second-order valence-corrected chi connectivity index (χ2v) is 16.5. The van der Waals surface area contributed by atoms with Crippen molar-refractivity contribution in [3.8, 4) is 33.4 Å². The maximum Gasteiger partial charge on any atom is 0.136 e. The van der Waals surface area contributed by atoms with Gasteiger partial charge in [-0.15, -0.1) is 0 Å². The molecule has 2 heterocycles. The number of hydrogen-bond donors (Lipinski definition) is 0. The molecule has 0 aliphatic heterocycles. The zero-order chi connectivity index (χ0) is 41.4. The highest BCUT2D eigenvalue weighted by Gasteiger charge is 2.20. The van der Waals surface area contributed by atoms with Crippen molar-refractivity contribution in [2.45, 2.75) is 0 Å². The molecule has 0 fully saturated rings. The molecular formula is C60H37NO2. The van der Waals surface area contributed by atoms with Gasteiger partial charge in [0.2, 0.25) is 0 Å². The molecule has 0 amide bonds. The van der Waals surface area contributed by atoms with E-state index in [1.807, 2.05) is 12.1 Å². The number of fused-ring (bicyclic) bond motifs is 10. The van der Waals surface area contributed by atoms with Crippen LogP contribution in [0.25, 0.3) is 110 Å². The van der Waals surface area contributed by atoms with Crippen LogP contribution in [-0.4, -0.2) is 0 Å². The summed E-state index contributed by atoms with van der Waals surface area (Å²) in [5, 5.41) is 11.9. The third-order valence-corrected chi connectivity index (χ3v) is 12.8. The van der Waals surface area contributed by atoms with E-state index < -0.39 is 0 Å². The van der Waals surface area contributed by atoms with Crippen LogP contribution in [0.4, 0.5) is 17.1 Å². The molecule has 11 aromatic carbocycles. The molecule has 0 saturated carbocycles. The zero-order valence-corrected chi connectivity index (χ0v) is 34.1. The first-order valence-corrected chi connectivity index (χ1v) is 21.5. The smallest absolute Gasteiger partial charge is 0.136 e. The Morgan fingerprint density at radius 1 is 0.254 bits per heavy atom. The van der Waals surface area contributed by atoms with Gasteiger partial charge in [-0.3, -0.25) is 0 Å². The molecule has 13 aromatic rings. The van der Waals surface area contributed by atoms with Crippen molar-refractivity contribution in [3.05, 3.63) is 224 Å². The molecule has 3 nitrogen and oxygen atoms in total. The Morgan fingerprint density at radius 3 is 1.54 bits per heavy atom. The van der Waals surface area contributed by atoms with Crippen molar-refractivity contribution in [1.82, 2.24) is 0 Å². The van der Waals surface area contributed by atoms with Gasteiger partial charge in [-0.25, -0.2) is 0 Å². The summed E-state index contributed by atoms with van der Waals surface area (Å²) in [6, 6.07) is 80.7. The van der Waals surface area contributed by atoms with Crippen LogP contribution in [0.2, 0.25) is 0 Å². The Kier molecular flexibility index (Phi) is 7.91. The third kappa shape index (κ3) is 5.82. The van der Waals surface area contributed by atoms with Crippen molar-refractivity contribution in [1.29, 1.82) is 0 Å². The van der Waals surface area contributed by atoms with E-state index in [1.165, 1.54) is 43.4 Å². The average molecular weight is 804 g/mol. The summed E-state index contributed by atoms with van der Waals surface area (Å²) in [5.74, 6) is 0. The molecule has 2 aromatic heterocycles. The minimum Gasteiger partial charge on any atom is -0.456 e. The number of hydrogen-bond acceptors (Lipinski definition) is 3. The normalized spacial score (nSPS) is 11.8. The Labute approximate surface area is 363 Å². The SMILES string of the molecule is c1ccc(N(c2ccc(-c3ccc4oc5ccccc5c4c3)cc2)c2ccc(-c3cc4ccccc4c4ccccc34)cc2)c(-c2ccc3oc4cc5ccccc5cc4c3c2)c1. The van der Waals surface area contributed by atoms with Gasteiger partial charge in [0.15, 0.2) is 0 Å². The quantitative estimate of drug-likeness (QED) is 0.157. The van der Waals surface area contributed by atoms with Gasteiger partial charge in [-0.1, -0.05) is 146 Å². The van der Waals surface area contributed by atoms with Crippen LogP contribution in [0.1, 0.15) is 0 Å². The maximum absolute atomic E-state index is 6.44. The largest absolute Gasteiger partial charge is 0.456 e. The first-order valence-electron chi connectivity index (χ1n) is 21.5. The molecule has 294 valence electrons. The fraction of sp³-hybridized carbons (Fsp3) is 0. The lowest BCUT2D eigenvalue weighted by Crippen LogP contribution is -2.11. The number of rotatable bonds is 6. The van der Waals surface area contributed by atoms with Crippen LogP contribution in [0.15, 0.2) is 233 Å². The molecule has 0 aliphatic carbocycles. The molecule has 13 rings (SSSR count). The summed E-state index contributed by atoms with van der Waals surface area (Å²) in [6.45, 7) is 0. The number of anilines is 3. The van der Waals surface area contributed by atoms with Crippen LogP contribution < -0.4 is 4.90 Å². The van der Waals surface area contributed by atoms with E-state index in [9.17, 15) is 0 Å². The van der Waals surface area contributed by atoms with Crippen LogP contribution in [-0.2, 0) is 0 Å². The van der Waals surface area contributed by atoms with Crippen LogP contribution in [0.5, 0.6) is 0 Å². The number of furan rings is 2. The molecule has 0 radical (unpaired) electrons. The van der Waals surface area contributed by atoms with E-state index in [-0.39, 0.29) is 0 Å². The van der Waals surface area contributed by atoms with Crippen molar-refractivity contribution in [2.75, 3.05) is 4.90 Å². The molecule has 0 aliphatic rings. The van der Waals surface area contributed by atoms with Gasteiger partial charge in [0.1, 0.15) is 22.3 Å². The van der Waals surface area contributed by atoms with Gasteiger partial charge in [0.25, 0.3) is 0 Å². The van der Waals surface area contributed by atoms with E-state index in [0.29, 0.717) is 0 Å².